The lowest BCUT2D eigenvalue weighted by Crippen LogP contribution is -2.37. The van der Waals surface area contributed by atoms with Crippen molar-refractivity contribution in [2.75, 3.05) is 31.2 Å². The zero-order valence-electron chi connectivity index (χ0n) is 16.8. The Labute approximate surface area is 183 Å². The van der Waals surface area contributed by atoms with Gasteiger partial charge in [-0.15, -0.1) is 10.2 Å². The third-order valence-corrected chi connectivity index (χ3v) is 6.05. The first kappa shape index (κ1) is 19.8. The van der Waals surface area contributed by atoms with Crippen LogP contribution in [0, 0.1) is 5.82 Å². The molecule has 1 fully saturated rings. The molecule has 7 nitrogen and oxygen atoms in total. The van der Waals surface area contributed by atoms with E-state index < -0.39 is 0 Å². The largest absolute Gasteiger partial charge is 0.378 e. The second-order valence-corrected chi connectivity index (χ2v) is 8.05. The van der Waals surface area contributed by atoms with Crippen LogP contribution in [0.3, 0.4) is 0 Å². The summed E-state index contributed by atoms with van der Waals surface area (Å²) in [6.45, 7) is 2.74. The summed E-state index contributed by atoms with van der Waals surface area (Å²) in [5, 5.41) is 13.8. The maximum Gasteiger partial charge on any atom is 0.232 e. The highest BCUT2D eigenvalue weighted by molar-refractivity contribution is 7.98. The normalized spacial score (nSPS) is 14.2. The van der Waals surface area contributed by atoms with E-state index in [-0.39, 0.29) is 5.82 Å². The van der Waals surface area contributed by atoms with E-state index in [1.165, 1.54) is 12.1 Å². The number of hydrogen-bond donors (Lipinski definition) is 0. The maximum atomic E-state index is 14.0. The van der Waals surface area contributed by atoms with E-state index in [4.69, 9.17) is 4.74 Å². The Bertz CT molecular complexity index is 1140. The molecule has 3 heterocycles. The molecule has 1 aliphatic rings. The Balaban J connectivity index is 1.40. The van der Waals surface area contributed by atoms with E-state index in [1.54, 1.807) is 24.0 Å². The average Bonchev–Trinajstić information content (AvgIpc) is 3.49. The minimum Gasteiger partial charge on any atom is -0.378 e. The molecule has 31 heavy (non-hydrogen) atoms. The molecular weight excluding hydrogens is 415 g/mol. The van der Waals surface area contributed by atoms with Crippen molar-refractivity contribution >= 4 is 17.7 Å². The number of nitrogens with zero attached hydrogens (tertiary/aromatic N) is 6. The Morgan fingerprint density at radius 1 is 0.968 bits per heavy atom. The minimum atomic E-state index is -0.288. The molecule has 9 heteroatoms. The fourth-order valence-electron chi connectivity index (χ4n) is 3.48. The van der Waals surface area contributed by atoms with Gasteiger partial charge < -0.3 is 9.64 Å². The Morgan fingerprint density at radius 3 is 2.55 bits per heavy atom. The first-order valence-electron chi connectivity index (χ1n) is 10.0. The van der Waals surface area contributed by atoms with Crippen LogP contribution in [0.25, 0.3) is 11.4 Å². The van der Waals surface area contributed by atoms with Gasteiger partial charge in [0, 0.05) is 31.2 Å². The number of aromatic nitrogens is 5. The van der Waals surface area contributed by atoms with Crippen LogP contribution in [0.15, 0.2) is 72.1 Å². The molecule has 5 rings (SSSR count). The van der Waals surface area contributed by atoms with Crippen molar-refractivity contribution < 1.29 is 9.13 Å². The van der Waals surface area contributed by atoms with Crippen LogP contribution < -0.4 is 4.90 Å². The lowest BCUT2D eigenvalue weighted by molar-refractivity contribution is 0.122. The third kappa shape index (κ3) is 4.33. The molecule has 4 aromatic rings. The fourth-order valence-corrected chi connectivity index (χ4v) is 4.38. The monoisotopic (exact) mass is 436 g/mol. The van der Waals surface area contributed by atoms with Crippen molar-refractivity contribution in [1.29, 1.82) is 0 Å². The summed E-state index contributed by atoms with van der Waals surface area (Å²) >= 11 is 1.58. The number of ether oxygens (including phenoxy) is 1. The fraction of sp³-hybridized carbons (Fsp3) is 0.227. The van der Waals surface area contributed by atoms with Crippen molar-refractivity contribution in [3.63, 3.8) is 0 Å². The van der Waals surface area contributed by atoms with E-state index in [0.717, 1.165) is 35.2 Å². The maximum absolute atomic E-state index is 14.0. The van der Waals surface area contributed by atoms with Crippen molar-refractivity contribution in [3.8, 4) is 11.4 Å². The number of benzene rings is 2. The van der Waals surface area contributed by atoms with Gasteiger partial charge in [-0.1, -0.05) is 30.0 Å². The lowest BCUT2D eigenvalue weighted by atomic mass is 10.2. The Kier molecular flexibility index (Phi) is 5.68. The summed E-state index contributed by atoms with van der Waals surface area (Å²) in [5.41, 5.74) is 2.88. The third-order valence-electron chi connectivity index (χ3n) is 5.05. The lowest BCUT2D eigenvalue weighted by Gasteiger charge is -2.27. The summed E-state index contributed by atoms with van der Waals surface area (Å²) < 4.78 is 23.2. The van der Waals surface area contributed by atoms with Gasteiger partial charge in [-0.05, 0) is 42.0 Å². The van der Waals surface area contributed by atoms with Gasteiger partial charge in [0.15, 0.2) is 5.16 Å². The number of halogens is 1. The summed E-state index contributed by atoms with van der Waals surface area (Å²) in [6, 6.07) is 16.7. The molecule has 0 saturated carbocycles. The highest BCUT2D eigenvalue weighted by atomic mass is 32.2. The zero-order valence-corrected chi connectivity index (χ0v) is 17.6. The predicted molar refractivity (Wildman–Crippen MR) is 117 cm³/mol. The van der Waals surface area contributed by atoms with Gasteiger partial charge in [0.2, 0.25) is 5.95 Å². The van der Waals surface area contributed by atoms with E-state index in [9.17, 15) is 4.39 Å². The van der Waals surface area contributed by atoms with Crippen LogP contribution in [0.4, 0.5) is 10.3 Å². The number of anilines is 1. The Morgan fingerprint density at radius 2 is 1.81 bits per heavy atom. The molecule has 0 spiro atoms. The summed E-state index contributed by atoms with van der Waals surface area (Å²) in [4.78, 5) is 2.13. The molecule has 0 aliphatic carbocycles. The predicted octanol–water partition coefficient (Wildman–Crippen LogP) is 3.72. The molecule has 2 aromatic carbocycles. The minimum absolute atomic E-state index is 0.288. The zero-order chi connectivity index (χ0) is 21.0. The van der Waals surface area contributed by atoms with Gasteiger partial charge in [0.1, 0.15) is 5.82 Å². The molecule has 0 radical (unpaired) electrons. The first-order valence-corrected chi connectivity index (χ1v) is 11.0. The summed E-state index contributed by atoms with van der Waals surface area (Å²) in [5.74, 6) is 1.14. The van der Waals surface area contributed by atoms with E-state index in [1.807, 2.05) is 39.7 Å². The van der Waals surface area contributed by atoms with Crippen LogP contribution in [0.2, 0.25) is 0 Å². The second-order valence-electron chi connectivity index (χ2n) is 7.10. The van der Waals surface area contributed by atoms with Crippen LogP contribution in [0.5, 0.6) is 0 Å². The average molecular weight is 437 g/mol. The molecule has 0 bridgehead atoms. The molecule has 0 atom stereocenters. The van der Waals surface area contributed by atoms with E-state index in [2.05, 4.69) is 32.3 Å². The van der Waals surface area contributed by atoms with Crippen molar-refractivity contribution in [2.24, 2.45) is 0 Å². The number of rotatable bonds is 6. The van der Waals surface area contributed by atoms with Crippen molar-refractivity contribution in [3.05, 3.63) is 78.4 Å². The van der Waals surface area contributed by atoms with Gasteiger partial charge in [-0.3, -0.25) is 4.57 Å². The van der Waals surface area contributed by atoms with Crippen LogP contribution in [-0.2, 0) is 10.5 Å². The van der Waals surface area contributed by atoms with E-state index in [0.29, 0.717) is 24.8 Å². The van der Waals surface area contributed by atoms with Crippen LogP contribution in [0.1, 0.15) is 5.56 Å². The quantitative estimate of drug-likeness (QED) is 0.430. The number of thioether (sulfide) groups is 1. The van der Waals surface area contributed by atoms with E-state index >= 15 is 0 Å². The van der Waals surface area contributed by atoms with Crippen LogP contribution >= 0.6 is 11.8 Å². The standard InChI is InChI=1S/C22H21FN6OS/c23-18-3-1-4-20(15-18)29-21(27-11-13-30-14-12-27)25-26-22(29)31-16-17-5-7-19(8-6-17)28-10-2-9-24-28/h1-10,15H,11-14,16H2. The van der Waals surface area contributed by atoms with Gasteiger partial charge in [0.05, 0.1) is 24.6 Å². The molecule has 2 aromatic heterocycles. The van der Waals surface area contributed by atoms with Gasteiger partial charge in [0.25, 0.3) is 0 Å². The summed E-state index contributed by atoms with van der Waals surface area (Å²) in [6.07, 6.45) is 3.67. The molecular formula is C22H21FN6OS. The highest BCUT2D eigenvalue weighted by Gasteiger charge is 2.22. The molecule has 0 N–H and O–H groups in total. The summed E-state index contributed by atoms with van der Waals surface area (Å²) in [7, 11) is 0. The van der Waals surface area contributed by atoms with Gasteiger partial charge in [-0.25, -0.2) is 9.07 Å². The number of hydrogen-bond acceptors (Lipinski definition) is 6. The molecule has 1 aliphatic heterocycles. The SMILES string of the molecule is Fc1cccc(-n2c(SCc3ccc(-n4cccn4)cc3)nnc2N2CCOCC2)c1. The molecule has 0 unspecified atom stereocenters. The molecule has 1 saturated heterocycles. The first-order chi connectivity index (χ1) is 15.3. The molecule has 0 amide bonds. The van der Waals surface area contributed by atoms with Crippen molar-refractivity contribution in [2.45, 2.75) is 10.9 Å². The smallest absolute Gasteiger partial charge is 0.232 e. The van der Waals surface area contributed by atoms with Crippen molar-refractivity contribution in [1.82, 2.24) is 24.5 Å². The van der Waals surface area contributed by atoms with Crippen LogP contribution in [-0.4, -0.2) is 50.8 Å². The second kappa shape index (κ2) is 8.91. The van der Waals surface area contributed by atoms with Gasteiger partial charge in [-0.2, -0.15) is 5.10 Å². The Hall–Kier alpha value is -3.17. The number of morpholine rings is 1. The molecule has 158 valence electrons. The highest BCUT2D eigenvalue weighted by Crippen LogP contribution is 2.29. The topological polar surface area (TPSA) is 61.0 Å². The van der Waals surface area contributed by atoms with Gasteiger partial charge >= 0.3 is 0 Å².